The summed E-state index contributed by atoms with van der Waals surface area (Å²) in [5.74, 6) is 0.770. The van der Waals surface area contributed by atoms with Crippen LogP contribution in [0.5, 0.6) is 0 Å². The molecule has 0 aromatic carbocycles. The predicted octanol–water partition coefficient (Wildman–Crippen LogP) is 2.72. The lowest BCUT2D eigenvalue weighted by Gasteiger charge is -2.24. The van der Waals surface area contributed by atoms with Gasteiger partial charge >= 0.3 is 5.97 Å². The minimum atomic E-state index is -0.928. The number of aliphatic carboxylic acids is 1. The lowest BCUT2D eigenvalue weighted by Crippen LogP contribution is -2.21. The van der Waals surface area contributed by atoms with Crippen LogP contribution in [0.25, 0.3) is 0 Å². The number of rotatable bonds is 3. The van der Waals surface area contributed by atoms with Crippen LogP contribution in [-0.2, 0) is 11.2 Å². The van der Waals surface area contributed by atoms with Gasteiger partial charge in [-0.15, -0.1) is 0 Å². The average Bonchev–Trinajstić information content (AvgIpc) is 2.96. The fourth-order valence-electron chi connectivity index (χ4n) is 2.09. The van der Waals surface area contributed by atoms with Gasteiger partial charge in [-0.05, 0) is 6.07 Å². The Balaban J connectivity index is 2.08. The van der Waals surface area contributed by atoms with Crippen molar-refractivity contribution in [3.05, 3.63) is 41.5 Å². The number of anilines is 2. The summed E-state index contributed by atoms with van der Waals surface area (Å²) in [5, 5.41) is 9.91. The Kier molecular flexibility index (Phi) is 3.42. The van der Waals surface area contributed by atoms with E-state index in [0.717, 1.165) is 11.4 Å². The van der Waals surface area contributed by atoms with Crippen LogP contribution in [0.2, 0.25) is 0 Å². The molecular formula is C14H14N4O2S. The zero-order valence-electron chi connectivity index (χ0n) is 11.6. The molecule has 0 amide bonds. The van der Waals surface area contributed by atoms with Crippen LogP contribution >= 0.6 is 11.5 Å². The second kappa shape index (κ2) is 5.25. The standard InChI is InChI=1S/C14H14N4O2S/c1-8(2)11-16-14(21-17-11)18-7-10(13(19)20)6-9-4-3-5-15-12(9)18/h3-5,7-8H,6H2,1-2H3,(H,19,20). The van der Waals surface area contributed by atoms with Gasteiger partial charge < -0.3 is 5.11 Å². The lowest BCUT2D eigenvalue weighted by molar-refractivity contribution is -0.132. The Hall–Kier alpha value is -2.28. The SMILES string of the molecule is CC(C)c1nsc(N2C=C(C(=O)O)Cc3cccnc32)n1. The van der Waals surface area contributed by atoms with Gasteiger partial charge in [-0.1, -0.05) is 19.9 Å². The zero-order chi connectivity index (χ0) is 15.0. The van der Waals surface area contributed by atoms with Gasteiger partial charge in [0.1, 0.15) is 11.6 Å². The molecule has 0 radical (unpaired) electrons. The van der Waals surface area contributed by atoms with Gasteiger partial charge in [0.05, 0.1) is 5.57 Å². The van der Waals surface area contributed by atoms with Crippen molar-refractivity contribution >= 4 is 28.5 Å². The van der Waals surface area contributed by atoms with E-state index in [1.807, 2.05) is 19.9 Å². The molecule has 2 aromatic rings. The molecule has 3 rings (SSSR count). The molecule has 108 valence electrons. The highest BCUT2D eigenvalue weighted by Gasteiger charge is 2.25. The van der Waals surface area contributed by atoms with Crippen molar-refractivity contribution < 1.29 is 9.90 Å². The molecule has 7 heteroatoms. The van der Waals surface area contributed by atoms with Crippen molar-refractivity contribution in [3.63, 3.8) is 0 Å². The molecule has 21 heavy (non-hydrogen) atoms. The van der Waals surface area contributed by atoms with Crippen LogP contribution in [0, 0.1) is 0 Å². The highest BCUT2D eigenvalue weighted by atomic mass is 32.1. The van der Waals surface area contributed by atoms with E-state index in [0.29, 0.717) is 22.9 Å². The fourth-order valence-corrected chi connectivity index (χ4v) is 2.88. The summed E-state index contributed by atoms with van der Waals surface area (Å²) in [6.07, 6.45) is 3.64. The van der Waals surface area contributed by atoms with Crippen LogP contribution < -0.4 is 4.90 Å². The monoisotopic (exact) mass is 302 g/mol. The van der Waals surface area contributed by atoms with Gasteiger partial charge in [-0.3, -0.25) is 4.90 Å². The van der Waals surface area contributed by atoms with Gasteiger partial charge in [-0.2, -0.15) is 4.37 Å². The Morgan fingerprint density at radius 1 is 1.48 bits per heavy atom. The predicted molar refractivity (Wildman–Crippen MR) is 79.8 cm³/mol. The van der Waals surface area contributed by atoms with Crippen LogP contribution in [0.3, 0.4) is 0 Å². The first-order valence-corrected chi connectivity index (χ1v) is 7.34. The highest BCUT2D eigenvalue weighted by Crippen LogP contribution is 2.34. The summed E-state index contributed by atoms with van der Waals surface area (Å²) in [7, 11) is 0. The second-order valence-electron chi connectivity index (χ2n) is 5.08. The van der Waals surface area contributed by atoms with Crippen molar-refractivity contribution in [1.82, 2.24) is 14.3 Å². The lowest BCUT2D eigenvalue weighted by atomic mass is 10.0. The van der Waals surface area contributed by atoms with Gasteiger partial charge in [0.15, 0.2) is 0 Å². The maximum absolute atomic E-state index is 11.3. The normalized spacial score (nSPS) is 14.0. The number of hydrogen-bond donors (Lipinski definition) is 1. The number of hydrogen-bond acceptors (Lipinski definition) is 6. The van der Waals surface area contributed by atoms with Crippen molar-refractivity contribution in [2.24, 2.45) is 0 Å². The number of carboxylic acid groups (broad SMARTS) is 1. The third-order valence-electron chi connectivity index (χ3n) is 3.19. The molecule has 1 N–H and O–H groups in total. The van der Waals surface area contributed by atoms with Gasteiger partial charge in [-0.25, -0.2) is 14.8 Å². The zero-order valence-corrected chi connectivity index (χ0v) is 12.5. The summed E-state index contributed by atoms with van der Waals surface area (Å²) in [6.45, 7) is 4.04. The highest BCUT2D eigenvalue weighted by molar-refractivity contribution is 7.09. The largest absolute Gasteiger partial charge is 0.478 e. The van der Waals surface area contributed by atoms with E-state index in [-0.39, 0.29) is 5.92 Å². The number of aromatic nitrogens is 3. The van der Waals surface area contributed by atoms with E-state index < -0.39 is 5.97 Å². The van der Waals surface area contributed by atoms with Gasteiger partial charge in [0, 0.05) is 41.8 Å². The Bertz CT molecular complexity index is 723. The molecular weight excluding hydrogens is 288 g/mol. The molecule has 1 aliphatic rings. The Morgan fingerprint density at radius 3 is 2.95 bits per heavy atom. The molecule has 0 saturated heterocycles. The van der Waals surface area contributed by atoms with Gasteiger partial charge in [0.2, 0.25) is 5.13 Å². The minimum Gasteiger partial charge on any atom is -0.478 e. The molecule has 0 bridgehead atoms. The van der Waals surface area contributed by atoms with E-state index in [2.05, 4.69) is 14.3 Å². The molecule has 0 spiro atoms. The average molecular weight is 302 g/mol. The van der Waals surface area contributed by atoms with E-state index in [1.165, 1.54) is 11.5 Å². The Labute approximate surface area is 126 Å². The number of carboxylic acids is 1. The quantitative estimate of drug-likeness (QED) is 0.939. The van der Waals surface area contributed by atoms with Crippen molar-refractivity contribution in [2.45, 2.75) is 26.2 Å². The first kappa shape index (κ1) is 13.7. The van der Waals surface area contributed by atoms with Crippen molar-refractivity contribution in [3.8, 4) is 0 Å². The summed E-state index contributed by atoms with van der Waals surface area (Å²) in [5.41, 5.74) is 1.19. The summed E-state index contributed by atoms with van der Waals surface area (Å²) in [4.78, 5) is 21.9. The van der Waals surface area contributed by atoms with E-state index in [4.69, 9.17) is 0 Å². The molecule has 3 heterocycles. The number of fused-ring (bicyclic) bond motifs is 1. The fraction of sp³-hybridized carbons (Fsp3) is 0.286. The smallest absolute Gasteiger partial charge is 0.333 e. The van der Waals surface area contributed by atoms with Crippen LogP contribution in [0.1, 0.15) is 31.2 Å². The van der Waals surface area contributed by atoms with E-state index in [1.54, 1.807) is 23.4 Å². The van der Waals surface area contributed by atoms with Crippen molar-refractivity contribution in [2.75, 3.05) is 4.90 Å². The van der Waals surface area contributed by atoms with E-state index in [9.17, 15) is 9.90 Å². The topological polar surface area (TPSA) is 79.2 Å². The molecule has 6 nitrogen and oxygen atoms in total. The second-order valence-corrected chi connectivity index (χ2v) is 5.81. The van der Waals surface area contributed by atoms with Crippen LogP contribution in [-0.4, -0.2) is 25.4 Å². The third kappa shape index (κ3) is 2.52. The first-order valence-electron chi connectivity index (χ1n) is 6.57. The molecule has 0 unspecified atom stereocenters. The molecule has 2 aromatic heterocycles. The summed E-state index contributed by atoms with van der Waals surface area (Å²) >= 11 is 1.25. The maximum atomic E-state index is 11.3. The Morgan fingerprint density at radius 2 is 2.29 bits per heavy atom. The summed E-state index contributed by atoms with van der Waals surface area (Å²) in [6, 6.07) is 3.69. The van der Waals surface area contributed by atoms with Gasteiger partial charge in [0.25, 0.3) is 0 Å². The number of nitrogens with zero attached hydrogens (tertiary/aromatic N) is 4. The van der Waals surface area contributed by atoms with Crippen molar-refractivity contribution in [1.29, 1.82) is 0 Å². The summed E-state index contributed by atoms with van der Waals surface area (Å²) < 4.78 is 4.32. The molecule has 0 saturated carbocycles. The molecule has 1 aliphatic heterocycles. The molecule has 0 atom stereocenters. The van der Waals surface area contributed by atoms with Crippen LogP contribution in [0.15, 0.2) is 30.1 Å². The number of carbonyl (C=O) groups is 1. The number of pyridine rings is 1. The maximum Gasteiger partial charge on any atom is 0.333 e. The van der Waals surface area contributed by atoms with Crippen LogP contribution in [0.4, 0.5) is 10.9 Å². The van der Waals surface area contributed by atoms with E-state index >= 15 is 0 Å². The minimum absolute atomic E-state index is 0.228. The molecule has 0 fully saturated rings. The molecule has 0 aliphatic carbocycles. The third-order valence-corrected chi connectivity index (χ3v) is 3.92. The first-order chi connectivity index (χ1) is 10.1.